The summed E-state index contributed by atoms with van der Waals surface area (Å²) in [6, 6.07) is 22.4. The summed E-state index contributed by atoms with van der Waals surface area (Å²) in [5, 5.41) is 0.492. The van der Waals surface area contributed by atoms with Crippen LogP contribution in [0.3, 0.4) is 0 Å². The van der Waals surface area contributed by atoms with Gasteiger partial charge in [-0.25, -0.2) is 0 Å². The van der Waals surface area contributed by atoms with E-state index in [1.165, 1.54) is 0 Å². The first-order chi connectivity index (χ1) is 16.1. The van der Waals surface area contributed by atoms with E-state index in [9.17, 15) is 9.59 Å². The van der Waals surface area contributed by atoms with Gasteiger partial charge >= 0.3 is 0 Å². The quantitative estimate of drug-likeness (QED) is 0.367. The summed E-state index contributed by atoms with van der Waals surface area (Å²) < 4.78 is 11.2. The second kappa shape index (κ2) is 8.79. The number of carbonyl (C=O) groups excluding carboxylic acids is 1. The van der Waals surface area contributed by atoms with Gasteiger partial charge in [0.25, 0.3) is 5.91 Å². The third kappa shape index (κ3) is 3.80. The van der Waals surface area contributed by atoms with Crippen molar-refractivity contribution < 1.29 is 13.9 Å². The molecule has 1 aliphatic rings. The Morgan fingerprint density at radius 1 is 0.970 bits per heavy atom. The predicted octanol–water partition coefficient (Wildman–Crippen LogP) is 5.31. The maximum atomic E-state index is 13.5. The average molecular weight is 458 g/mol. The molecule has 6 heteroatoms. The van der Waals surface area contributed by atoms with Gasteiger partial charge in [0.05, 0.1) is 24.1 Å². The van der Waals surface area contributed by atoms with Crippen molar-refractivity contribution in [2.75, 3.05) is 19.9 Å². The van der Waals surface area contributed by atoms with Crippen LogP contribution < -0.4 is 10.2 Å². The van der Waals surface area contributed by atoms with E-state index < -0.39 is 6.04 Å². The average Bonchev–Trinajstić information content (AvgIpc) is 3.15. The first-order valence-electron chi connectivity index (χ1n) is 10.7. The lowest BCUT2D eigenvalue weighted by atomic mass is 9.98. The van der Waals surface area contributed by atoms with Crippen molar-refractivity contribution in [1.82, 2.24) is 4.90 Å². The summed E-state index contributed by atoms with van der Waals surface area (Å²) in [5.74, 6) is 0.685. The Bertz CT molecular complexity index is 1380. The van der Waals surface area contributed by atoms with Crippen molar-refractivity contribution in [1.29, 1.82) is 0 Å². The molecule has 3 aromatic carbocycles. The third-order valence-corrected chi connectivity index (χ3v) is 6.85. The highest BCUT2D eigenvalue weighted by molar-refractivity contribution is 7.98. The molecule has 166 valence electrons. The molecule has 0 spiro atoms. The van der Waals surface area contributed by atoms with Crippen molar-refractivity contribution >= 4 is 28.6 Å². The van der Waals surface area contributed by atoms with E-state index in [0.29, 0.717) is 29.5 Å². The Kier molecular flexibility index (Phi) is 5.68. The highest BCUT2D eigenvalue weighted by Gasteiger charge is 2.42. The number of amides is 1. The molecule has 4 aromatic rings. The molecule has 0 N–H and O–H groups in total. The van der Waals surface area contributed by atoms with Gasteiger partial charge in [-0.2, -0.15) is 0 Å². The number of benzene rings is 3. The fourth-order valence-electron chi connectivity index (χ4n) is 4.37. The molecule has 1 amide bonds. The van der Waals surface area contributed by atoms with Crippen LogP contribution in [0.25, 0.3) is 11.0 Å². The van der Waals surface area contributed by atoms with E-state index in [-0.39, 0.29) is 17.1 Å². The van der Waals surface area contributed by atoms with Crippen molar-refractivity contribution in [2.45, 2.75) is 17.4 Å². The van der Waals surface area contributed by atoms with Crippen LogP contribution >= 0.6 is 11.8 Å². The summed E-state index contributed by atoms with van der Waals surface area (Å²) in [7, 11) is 1.63. The smallest absolute Gasteiger partial charge is 0.290 e. The normalized spacial score (nSPS) is 15.2. The first-order valence-corrected chi connectivity index (χ1v) is 12.0. The summed E-state index contributed by atoms with van der Waals surface area (Å²) in [5.41, 5.74) is 2.69. The number of fused-ring (bicyclic) bond motifs is 2. The highest BCUT2D eigenvalue weighted by atomic mass is 32.2. The number of rotatable bonds is 6. The zero-order chi connectivity index (χ0) is 22.9. The molecule has 2 heterocycles. The highest BCUT2D eigenvalue weighted by Crippen LogP contribution is 2.38. The van der Waals surface area contributed by atoms with Gasteiger partial charge in [0, 0.05) is 11.4 Å². The minimum Gasteiger partial charge on any atom is -0.497 e. The second-order valence-electron chi connectivity index (χ2n) is 7.94. The molecular weight excluding hydrogens is 434 g/mol. The minimum atomic E-state index is -0.484. The van der Waals surface area contributed by atoms with Crippen molar-refractivity contribution in [2.24, 2.45) is 0 Å². The van der Waals surface area contributed by atoms with Gasteiger partial charge in [-0.3, -0.25) is 9.59 Å². The molecule has 0 bridgehead atoms. The molecule has 1 atom stereocenters. The number of para-hydroxylation sites is 1. The molecular formula is C27H23NO4S. The summed E-state index contributed by atoms with van der Waals surface area (Å²) in [6.45, 7) is 0.458. The van der Waals surface area contributed by atoms with Gasteiger partial charge in [0.2, 0.25) is 5.76 Å². The molecule has 1 aliphatic heterocycles. The van der Waals surface area contributed by atoms with Crippen LogP contribution in [-0.2, 0) is 6.42 Å². The van der Waals surface area contributed by atoms with Crippen LogP contribution in [0.5, 0.6) is 5.75 Å². The molecule has 0 unspecified atom stereocenters. The van der Waals surface area contributed by atoms with Crippen LogP contribution in [0.15, 0.2) is 86.9 Å². The van der Waals surface area contributed by atoms with Crippen LogP contribution in [-0.4, -0.2) is 30.7 Å². The topological polar surface area (TPSA) is 59.8 Å². The van der Waals surface area contributed by atoms with Crippen LogP contribution in [0.4, 0.5) is 0 Å². The largest absolute Gasteiger partial charge is 0.497 e. The molecule has 33 heavy (non-hydrogen) atoms. The molecule has 5 rings (SSSR count). The maximum Gasteiger partial charge on any atom is 0.290 e. The van der Waals surface area contributed by atoms with Gasteiger partial charge < -0.3 is 14.1 Å². The fraction of sp³-hybridized carbons (Fsp3) is 0.185. The number of carbonyl (C=O) groups is 1. The standard InChI is InChI=1S/C27H23NO4S/c1-31-19-11-7-17(8-12-19)15-16-28-24(18-9-13-20(33-2)14-10-18)23-25(29)21-5-3-4-6-22(21)32-26(23)27(28)30/h3-14,24H,15-16H2,1-2H3/t24-/m1/s1. The van der Waals surface area contributed by atoms with E-state index in [2.05, 4.69) is 0 Å². The Labute approximate surface area is 196 Å². The Morgan fingerprint density at radius 3 is 2.39 bits per heavy atom. The lowest BCUT2D eigenvalue weighted by Gasteiger charge is -2.25. The van der Waals surface area contributed by atoms with Crippen molar-refractivity contribution in [3.05, 3.63) is 105 Å². The number of hydrogen-bond acceptors (Lipinski definition) is 5. The van der Waals surface area contributed by atoms with Gasteiger partial charge in [0.1, 0.15) is 11.3 Å². The monoisotopic (exact) mass is 457 g/mol. The van der Waals surface area contributed by atoms with E-state index in [1.807, 2.05) is 60.9 Å². The van der Waals surface area contributed by atoms with E-state index >= 15 is 0 Å². The zero-order valence-electron chi connectivity index (χ0n) is 18.4. The Balaban J connectivity index is 1.58. The van der Waals surface area contributed by atoms with Gasteiger partial charge in [0.15, 0.2) is 5.43 Å². The summed E-state index contributed by atoms with van der Waals surface area (Å²) in [4.78, 5) is 29.9. The van der Waals surface area contributed by atoms with Crippen LogP contribution in [0, 0.1) is 0 Å². The number of nitrogens with zero attached hydrogens (tertiary/aromatic N) is 1. The molecule has 0 saturated heterocycles. The predicted molar refractivity (Wildman–Crippen MR) is 130 cm³/mol. The molecule has 0 aliphatic carbocycles. The maximum absolute atomic E-state index is 13.5. The number of hydrogen-bond donors (Lipinski definition) is 0. The molecule has 5 nitrogen and oxygen atoms in total. The Hall–Kier alpha value is -3.51. The summed E-state index contributed by atoms with van der Waals surface area (Å²) >= 11 is 1.65. The van der Waals surface area contributed by atoms with Gasteiger partial charge in [-0.1, -0.05) is 36.4 Å². The molecule has 0 fully saturated rings. The number of ether oxygens (including phenoxy) is 1. The molecule has 0 radical (unpaired) electrons. The second-order valence-corrected chi connectivity index (χ2v) is 8.82. The lowest BCUT2D eigenvalue weighted by molar-refractivity contribution is 0.0730. The summed E-state index contributed by atoms with van der Waals surface area (Å²) in [6.07, 6.45) is 2.67. The van der Waals surface area contributed by atoms with Crippen LogP contribution in [0.1, 0.15) is 33.3 Å². The van der Waals surface area contributed by atoms with Crippen LogP contribution in [0.2, 0.25) is 0 Å². The Morgan fingerprint density at radius 2 is 1.70 bits per heavy atom. The first kappa shape index (κ1) is 21.3. The van der Waals surface area contributed by atoms with Gasteiger partial charge in [-0.15, -0.1) is 11.8 Å². The lowest BCUT2D eigenvalue weighted by Crippen LogP contribution is -2.31. The fourth-order valence-corrected chi connectivity index (χ4v) is 4.78. The number of thioether (sulfide) groups is 1. The van der Waals surface area contributed by atoms with E-state index in [1.54, 1.807) is 42.0 Å². The SMILES string of the molecule is COc1ccc(CCN2C(=O)c3oc4ccccc4c(=O)c3[C@H]2c2ccc(SC)cc2)cc1. The molecule has 1 aromatic heterocycles. The number of methoxy groups -OCH3 is 1. The zero-order valence-corrected chi connectivity index (χ0v) is 19.2. The van der Waals surface area contributed by atoms with E-state index in [0.717, 1.165) is 21.8 Å². The van der Waals surface area contributed by atoms with Crippen molar-refractivity contribution in [3.8, 4) is 5.75 Å². The van der Waals surface area contributed by atoms with Gasteiger partial charge in [-0.05, 0) is 60.2 Å². The third-order valence-electron chi connectivity index (χ3n) is 6.11. The van der Waals surface area contributed by atoms with E-state index in [4.69, 9.17) is 9.15 Å². The van der Waals surface area contributed by atoms with Crippen molar-refractivity contribution in [3.63, 3.8) is 0 Å². The molecule has 0 saturated carbocycles. The minimum absolute atomic E-state index is 0.146.